The van der Waals surface area contributed by atoms with Crippen molar-refractivity contribution in [1.29, 1.82) is 0 Å². The summed E-state index contributed by atoms with van der Waals surface area (Å²) in [6.45, 7) is 0. The number of carbonyl (C=O) groups is 1. The van der Waals surface area contributed by atoms with Gasteiger partial charge >= 0.3 is 0 Å². The minimum absolute atomic E-state index is 0.0265. The number of carbonyl (C=O) groups excluding carboxylic acids is 1. The highest BCUT2D eigenvalue weighted by molar-refractivity contribution is 6.33. The van der Waals surface area contributed by atoms with E-state index in [4.69, 9.17) is 11.6 Å². The standard InChI is InChI=1S/C14H16ClFO/c15-13-7-6-11(16)9-12(13)14(17)8-10-4-2-1-3-5-10/h6-7,9-10H,1-5,8H2. The molecule has 0 spiro atoms. The first-order valence-corrected chi connectivity index (χ1v) is 6.53. The van der Waals surface area contributed by atoms with Gasteiger partial charge < -0.3 is 0 Å². The van der Waals surface area contributed by atoms with E-state index in [-0.39, 0.29) is 5.78 Å². The number of Topliss-reactive ketones (excluding diaryl/α,β-unsaturated/α-hetero) is 1. The molecule has 0 bridgehead atoms. The quantitative estimate of drug-likeness (QED) is 0.719. The van der Waals surface area contributed by atoms with Crippen LogP contribution >= 0.6 is 11.6 Å². The molecule has 1 aliphatic carbocycles. The van der Waals surface area contributed by atoms with Crippen molar-refractivity contribution < 1.29 is 9.18 Å². The molecule has 1 aromatic carbocycles. The van der Waals surface area contributed by atoms with Crippen LogP contribution in [0.2, 0.25) is 5.02 Å². The average molecular weight is 255 g/mol. The van der Waals surface area contributed by atoms with E-state index < -0.39 is 5.82 Å². The Morgan fingerprint density at radius 3 is 2.71 bits per heavy atom. The van der Waals surface area contributed by atoms with Crippen molar-refractivity contribution in [1.82, 2.24) is 0 Å². The third-order valence-electron chi connectivity index (χ3n) is 3.43. The molecular weight excluding hydrogens is 239 g/mol. The van der Waals surface area contributed by atoms with Gasteiger partial charge in [0.2, 0.25) is 0 Å². The first-order chi connectivity index (χ1) is 8.16. The molecule has 0 heterocycles. The first-order valence-electron chi connectivity index (χ1n) is 6.15. The van der Waals surface area contributed by atoms with Crippen LogP contribution in [0.3, 0.4) is 0 Å². The van der Waals surface area contributed by atoms with Crippen molar-refractivity contribution >= 4 is 17.4 Å². The smallest absolute Gasteiger partial charge is 0.164 e. The molecule has 0 N–H and O–H groups in total. The highest BCUT2D eigenvalue weighted by Gasteiger charge is 2.19. The van der Waals surface area contributed by atoms with Crippen molar-refractivity contribution in [2.24, 2.45) is 5.92 Å². The van der Waals surface area contributed by atoms with Gasteiger partial charge in [-0.25, -0.2) is 4.39 Å². The fraction of sp³-hybridized carbons (Fsp3) is 0.500. The predicted octanol–water partition coefficient (Wildman–Crippen LogP) is 4.63. The van der Waals surface area contributed by atoms with Crippen molar-refractivity contribution in [2.45, 2.75) is 38.5 Å². The van der Waals surface area contributed by atoms with Gasteiger partial charge in [0.15, 0.2) is 5.78 Å². The molecular formula is C14H16ClFO. The van der Waals surface area contributed by atoms with Crippen molar-refractivity contribution in [3.05, 3.63) is 34.6 Å². The molecule has 17 heavy (non-hydrogen) atoms. The Morgan fingerprint density at radius 2 is 2.00 bits per heavy atom. The Balaban J connectivity index is 2.05. The largest absolute Gasteiger partial charge is 0.294 e. The summed E-state index contributed by atoms with van der Waals surface area (Å²) in [5, 5.41) is 0.354. The van der Waals surface area contributed by atoms with E-state index in [0.29, 0.717) is 22.9 Å². The van der Waals surface area contributed by atoms with E-state index in [1.165, 1.54) is 37.5 Å². The van der Waals surface area contributed by atoms with Crippen molar-refractivity contribution in [3.63, 3.8) is 0 Å². The second kappa shape index (κ2) is 5.63. The molecule has 3 heteroatoms. The van der Waals surface area contributed by atoms with E-state index in [0.717, 1.165) is 12.8 Å². The summed E-state index contributed by atoms with van der Waals surface area (Å²) in [7, 11) is 0. The highest BCUT2D eigenvalue weighted by atomic mass is 35.5. The SMILES string of the molecule is O=C(CC1CCCCC1)c1cc(F)ccc1Cl. The molecule has 2 rings (SSSR count). The molecule has 0 aliphatic heterocycles. The normalized spacial score (nSPS) is 17.1. The van der Waals surface area contributed by atoms with Crippen LogP contribution in [0.4, 0.5) is 4.39 Å². The maximum Gasteiger partial charge on any atom is 0.164 e. The zero-order valence-corrected chi connectivity index (χ0v) is 10.5. The molecule has 1 aromatic rings. The summed E-state index contributed by atoms with van der Waals surface area (Å²) in [6.07, 6.45) is 6.40. The lowest BCUT2D eigenvalue weighted by atomic mass is 9.85. The second-order valence-corrected chi connectivity index (χ2v) is 5.16. The second-order valence-electron chi connectivity index (χ2n) is 4.76. The topological polar surface area (TPSA) is 17.1 Å². The number of hydrogen-bond donors (Lipinski definition) is 0. The van der Waals surface area contributed by atoms with E-state index in [1.54, 1.807) is 0 Å². The molecule has 0 aromatic heterocycles. The molecule has 0 unspecified atom stereocenters. The van der Waals surface area contributed by atoms with Gasteiger partial charge in [-0.3, -0.25) is 4.79 Å². The lowest BCUT2D eigenvalue weighted by Crippen LogP contribution is -2.12. The van der Waals surface area contributed by atoms with Gasteiger partial charge in [0.1, 0.15) is 5.82 Å². The van der Waals surface area contributed by atoms with Crippen LogP contribution in [0.5, 0.6) is 0 Å². The van der Waals surface area contributed by atoms with Gasteiger partial charge in [-0.05, 0) is 24.1 Å². The number of halogens is 2. The Hall–Kier alpha value is -0.890. The van der Waals surface area contributed by atoms with Gasteiger partial charge in [0, 0.05) is 12.0 Å². The van der Waals surface area contributed by atoms with Crippen LogP contribution < -0.4 is 0 Å². The van der Waals surface area contributed by atoms with Crippen molar-refractivity contribution in [2.75, 3.05) is 0 Å². The zero-order valence-electron chi connectivity index (χ0n) is 9.72. The fourth-order valence-electron chi connectivity index (χ4n) is 2.47. The lowest BCUT2D eigenvalue weighted by Gasteiger charge is -2.20. The fourth-order valence-corrected chi connectivity index (χ4v) is 2.70. The summed E-state index contributed by atoms with van der Waals surface area (Å²) in [5.74, 6) is 0.0263. The maximum atomic E-state index is 13.1. The van der Waals surface area contributed by atoms with Crippen LogP contribution in [0.15, 0.2) is 18.2 Å². The number of benzene rings is 1. The molecule has 0 amide bonds. The summed E-state index contributed by atoms with van der Waals surface area (Å²) >= 11 is 5.92. The third kappa shape index (κ3) is 3.29. The Kier molecular flexibility index (Phi) is 4.16. The summed E-state index contributed by atoms with van der Waals surface area (Å²) in [4.78, 5) is 12.0. The first kappa shape index (κ1) is 12.6. The maximum absolute atomic E-state index is 13.1. The van der Waals surface area contributed by atoms with E-state index >= 15 is 0 Å². The molecule has 0 radical (unpaired) electrons. The monoisotopic (exact) mass is 254 g/mol. The molecule has 0 atom stereocenters. The molecule has 0 saturated heterocycles. The van der Waals surface area contributed by atoms with Crippen LogP contribution in [-0.4, -0.2) is 5.78 Å². The number of hydrogen-bond acceptors (Lipinski definition) is 1. The molecule has 92 valence electrons. The third-order valence-corrected chi connectivity index (χ3v) is 3.76. The van der Waals surface area contributed by atoms with Crippen LogP contribution in [0.1, 0.15) is 48.9 Å². The summed E-state index contributed by atoms with van der Waals surface area (Å²) < 4.78 is 13.1. The Labute approximate surface area is 106 Å². The molecule has 1 saturated carbocycles. The minimum Gasteiger partial charge on any atom is -0.294 e. The van der Waals surface area contributed by atoms with Crippen LogP contribution in [0.25, 0.3) is 0 Å². The Bertz CT molecular complexity index is 411. The van der Waals surface area contributed by atoms with Gasteiger partial charge in [-0.1, -0.05) is 43.7 Å². The Morgan fingerprint density at radius 1 is 1.29 bits per heavy atom. The van der Waals surface area contributed by atoms with Crippen LogP contribution in [-0.2, 0) is 0 Å². The molecule has 1 fully saturated rings. The van der Waals surface area contributed by atoms with Gasteiger partial charge in [0.05, 0.1) is 5.02 Å². The predicted molar refractivity (Wildman–Crippen MR) is 66.9 cm³/mol. The molecule has 1 aliphatic rings. The van der Waals surface area contributed by atoms with E-state index in [1.807, 2.05) is 0 Å². The molecule has 1 nitrogen and oxygen atoms in total. The summed E-state index contributed by atoms with van der Waals surface area (Å²) in [6, 6.07) is 3.97. The van der Waals surface area contributed by atoms with Crippen LogP contribution in [0, 0.1) is 11.7 Å². The van der Waals surface area contributed by atoms with E-state index in [2.05, 4.69) is 0 Å². The number of ketones is 1. The highest BCUT2D eigenvalue weighted by Crippen LogP contribution is 2.29. The van der Waals surface area contributed by atoms with E-state index in [9.17, 15) is 9.18 Å². The minimum atomic E-state index is -0.401. The van der Waals surface area contributed by atoms with Gasteiger partial charge in [-0.2, -0.15) is 0 Å². The van der Waals surface area contributed by atoms with Gasteiger partial charge in [0.25, 0.3) is 0 Å². The van der Waals surface area contributed by atoms with Crippen molar-refractivity contribution in [3.8, 4) is 0 Å². The average Bonchev–Trinajstić information content (AvgIpc) is 2.33. The van der Waals surface area contributed by atoms with Gasteiger partial charge in [-0.15, -0.1) is 0 Å². The lowest BCUT2D eigenvalue weighted by molar-refractivity contribution is 0.0950. The number of rotatable bonds is 3. The summed E-state index contributed by atoms with van der Waals surface area (Å²) in [5.41, 5.74) is 0.331. The zero-order chi connectivity index (χ0) is 12.3.